The minimum absolute atomic E-state index is 0.188. The lowest BCUT2D eigenvalue weighted by molar-refractivity contribution is 0.582. The second-order valence-corrected chi connectivity index (χ2v) is 6.43. The number of benzene rings is 2. The van der Waals surface area contributed by atoms with Gasteiger partial charge in [0.2, 0.25) is 5.95 Å². The highest BCUT2D eigenvalue weighted by molar-refractivity contribution is 5.77. The summed E-state index contributed by atoms with van der Waals surface area (Å²) < 4.78 is 15.0. The van der Waals surface area contributed by atoms with E-state index < -0.39 is 0 Å². The number of nitrogens with zero attached hydrogens (tertiary/aromatic N) is 4. The molecule has 1 N–H and O–H groups in total. The van der Waals surface area contributed by atoms with Crippen LogP contribution in [0, 0.1) is 5.82 Å². The number of tetrazole rings is 1. The summed E-state index contributed by atoms with van der Waals surface area (Å²) in [7, 11) is 0. The van der Waals surface area contributed by atoms with Crippen molar-refractivity contribution in [1.29, 1.82) is 0 Å². The summed E-state index contributed by atoms with van der Waals surface area (Å²) in [5.74, 6) is 0.796. The van der Waals surface area contributed by atoms with Crippen LogP contribution in [0.15, 0.2) is 54.6 Å². The smallest absolute Gasteiger partial charge is 0.248 e. The van der Waals surface area contributed by atoms with Crippen LogP contribution in [0.4, 0.5) is 10.3 Å². The minimum Gasteiger partial charge on any atom is -0.323 e. The first-order valence-corrected chi connectivity index (χ1v) is 8.24. The normalized spacial score (nSPS) is 16.3. The second-order valence-electron chi connectivity index (χ2n) is 6.43. The van der Waals surface area contributed by atoms with E-state index in [-0.39, 0.29) is 11.9 Å². The first kappa shape index (κ1) is 15.5. The van der Waals surface area contributed by atoms with E-state index >= 15 is 0 Å². The molecule has 3 aromatic rings. The van der Waals surface area contributed by atoms with Gasteiger partial charge in [0.15, 0.2) is 0 Å². The van der Waals surface area contributed by atoms with Crippen molar-refractivity contribution < 1.29 is 4.39 Å². The van der Waals surface area contributed by atoms with E-state index in [1.54, 1.807) is 16.8 Å². The average Bonchev–Trinajstić information content (AvgIpc) is 3.10. The lowest BCUT2D eigenvalue weighted by atomic mass is 9.98. The number of nitrogens with one attached hydrogen (secondary N) is 1. The van der Waals surface area contributed by atoms with Gasteiger partial charge in [0.25, 0.3) is 0 Å². The molecule has 0 unspecified atom stereocenters. The molecule has 0 bridgehead atoms. The Kier molecular flexibility index (Phi) is 3.80. The fourth-order valence-electron chi connectivity index (χ4n) is 2.97. The van der Waals surface area contributed by atoms with Gasteiger partial charge in [0.1, 0.15) is 11.9 Å². The van der Waals surface area contributed by atoms with Crippen molar-refractivity contribution in [2.75, 3.05) is 5.32 Å². The highest BCUT2D eigenvalue weighted by Crippen LogP contribution is 2.32. The largest absolute Gasteiger partial charge is 0.323 e. The molecule has 0 radical (unpaired) electrons. The molecule has 0 fully saturated rings. The topological polar surface area (TPSA) is 55.6 Å². The van der Waals surface area contributed by atoms with Crippen LogP contribution in [0.5, 0.6) is 0 Å². The zero-order valence-electron chi connectivity index (χ0n) is 14.0. The number of allylic oxidation sites excluding steroid dienone is 1. The van der Waals surface area contributed by atoms with Crippen LogP contribution in [0.2, 0.25) is 0 Å². The van der Waals surface area contributed by atoms with E-state index in [0.717, 1.165) is 16.8 Å². The SMILES string of the molecule is CC(C)c1ccc(C2=C[C@H](c3ccc(F)cc3)n3nnnc3N2)cc1. The first-order chi connectivity index (χ1) is 12.1. The van der Waals surface area contributed by atoms with Crippen LogP contribution in [0.3, 0.4) is 0 Å². The van der Waals surface area contributed by atoms with Crippen molar-refractivity contribution in [3.63, 3.8) is 0 Å². The van der Waals surface area contributed by atoms with Gasteiger partial charge in [0.05, 0.1) is 0 Å². The summed E-state index contributed by atoms with van der Waals surface area (Å²) >= 11 is 0. The standard InChI is InChI=1S/C19H18FN5/c1-12(2)13-3-5-14(6-4-13)17-11-18(15-7-9-16(20)10-8-15)25-19(21-17)22-23-24-25/h3-12,18H,1-2H3,(H,21,22,24)/t18-/m1/s1. The molecule has 0 spiro atoms. The fraction of sp³-hybridized carbons (Fsp3) is 0.211. The van der Waals surface area contributed by atoms with Gasteiger partial charge in [-0.1, -0.05) is 55.3 Å². The molecule has 1 atom stereocenters. The summed E-state index contributed by atoms with van der Waals surface area (Å²) in [6.07, 6.45) is 2.06. The third-order valence-electron chi connectivity index (χ3n) is 4.43. The van der Waals surface area contributed by atoms with Gasteiger partial charge in [-0.05, 0) is 51.2 Å². The van der Waals surface area contributed by atoms with Crippen molar-refractivity contribution in [1.82, 2.24) is 20.2 Å². The van der Waals surface area contributed by atoms with Gasteiger partial charge in [0, 0.05) is 5.70 Å². The van der Waals surface area contributed by atoms with Gasteiger partial charge in [-0.25, -0.2) is 4.39 Å². The number of anilines is 1. The lowest BCUT2D eigenvalue weighted by Crippen LogP contribution is -2.20. The summed E-state index contributed by atoms with van der Waals surface area (Å²) in [5.41, 5.74) is 4.21. The van der Waals surface area contributed by atoms with E-state index in [1.807, 2.05) is 0 Å². The molecule has 0 amide bonds. The van der Waals surface area contributed by atoms with Crippen molar-refractivity contribution in [2.24, 2.45) is 0 Å². The van der Waals surface area contributed by atoms with Crippen molar-refractivity contribution >= 4 is 11.6 Å². The van der Waals surface area contributed by atoms with E-state index in [0.29, 0.717) is 11.9 Å². The van der Waals surface area contributed by atoms with Crippen molar-refractivity contribution in [3.05, 3.63) is 77.1 Å². The maximum atomic E-state index is 13.3. The lowest BCUT2D eigenvalue weighted by Gasteiger charge is -2.23. The van der Waals surface area contributed by atoms with Crippen LogP contribution in [-0.2, 0) is 0 Å². The maximum Gasteiger partial charge on any atom is 0.248 e. The molecule has 5 nitrogen and oxygen atoms in total. The minimum atomic E-state index is -0.261. The molecule has 1 aliphatic heterocycles. The van der Waals surface area contributed by atoms with Crippen molar-refractivity contribution in [2.45, 2.75) is 25.8 Å². The number of hydrogen-bond acceptors (Lipinski definition) is 4. The van der Waals surface area contributed by atoms with Crippen LogP contribution >= 0.6 is 0 Å². The molecule has 6 heteroatoms. The molecule has 1 aliphatic rings. The fourth-order valence-corrected chi connectivity index (χ4v) is 2.97. The molecule has 2 aromatic carbocycles. The molecule has 0 saturated carbocycles. The molecule has 4 rings (SSSR count). The summed E-state index contributed by atoms with van der Waals surface area (Å²) in [5, 5.41) is 15.1. The van der Waals surface area contributed by atoms with Crippen molar-refractivity contribution in [3.8, 4) is 0 Å². The molecular formula is C19H18FN5. The quantitative estimate of drug-likeness (QED) is 0.786. The predicted molar refractivity (Wildman–Crippen MR) is 94.5 cm³/mol. The van der Waals surface area contributed by atoms with Gasteiger partial charge in [-0.15, -0.1) is 0 Å². The third-order valence-corrected chi connectivity index (χ3v) is 4.43. The zero-order chi connectivity index (χ0) is 17.4. The number of rotatable bonds is 3. The number of hydrogen-bond donors (Lipinski definition) is 1. The summed E-state index contributed by atoms with van der Waals surface area (Å²) in [6, 6.07) is 14.7. The molecular weight excluding hydrogens is 317 g/mol. The molecule has 126 valence electrons. The Balaban J connectivity index is 1.74. The Bertz CT molecular complexity index is 910. The third kappa shape index (κ3) is 2.91. The van der Waals surface area contributed by atoms with Gasteiger partial charge in [-0.3, -0.25) is 0 Å². The Hall–Kier alpha value is -3.02. The summed E-state index contributed by atoms with van der Waals surface area (Å²) in [4.78, 5) is 0. The van der Waals surface area contributed by atoms with Gasteiger partial charge < -0.3 is 5.32 Å². The van der Waals surface area contributed by atoms with Crippen LogP contribution in [-0.4, -0.2) is 20.2 Å². The monoisotopic (exact) mass is 335 g/mol. The Morgan fingerprint density at radius 1 is 1.04 bits per heavy atom. The van der Waals surface area contributed by atoms with E-state index in [9.17, 15) is 4.39 Å². The maximum absolute atomic E-state index is 13.3. The van der Waals surface area contributed by atoms with E-state index in [2.05, 4.69) is 65.0 Å². The highest BCUT2D eigenvalue weighted by Gasteiger charge is 2.24. The number of fused-ring (bicyclic) bond motifs is 1. The molecule has 0 aliphatic carbocycles. The van der Waals surface area contributed by atoms with Gasteiger partial charge >= 0.3 is 0 Å². The Labute approximate surface area is 145 Å². The number of halogens is 1. The van der Waals surface area contributed by atoms with Crippen LogP contribution < -0.4 is 5.32 Å². The Morgan fingerprint density at radius 3 is 2.44 bits per heavy atom. The number of aromatic nitrogens is 4. The second kappa shape index (κ2) is 6.12. The van der Waals surface area contributed by atoms with Gasteiger partial charge in [-0.2, -0.15) is 4.68 Å². The van der Waals surface area contributed by atoms with Crippen LogP contribution in [0.1, 0.15) is 42.5 Å². The molecule has 25 heavy (non-hydrogen) atoms. The average molecular weight is 335 g/mol. The van der Waals surface area contributed by atoms with Crippen LogP contribution in [0.25, 0.3) is 5.70 Å². The Morgan fingerprint density at radius 2 is 1.76 bits per heavy atom. The summed E-state index contributed by atoms with van der Waals surface area (Å²) in [6.45, 7) is 4.34. The zero-order valence-corrected chi connectivity index (χ0v) is 14.0. The molecule has 1 aromatic heterocycles. The first-order valence-electron chi connectivity index (χ1n) is 8.24. The van der Waals surface area contributed by atoms with E-state index in [4.69, 9.17) is 0 Å². The highest BCUT2D eigenvalue weighted by atomic mass is 19.1. The predicted octanol–water partition coefficient (Wildman–Crippen LogP) is 3.99. The molecule has 0 saturated heterocycles. The van der Waals surface area contributed by atoms with E-state index in [1.165, 1.54) is 17.7 Å². The molecule has 2 heterocycles.